The van der Waals surface area contributed by atoms with Crippen LogP contribution in [0.15, 0.2) is 30.3 Å². The fourth-order valence-corrected chi connectivity index (χ4v) is 2.62. The van der Waals surface area contributed by atoms with E-state index >= 15 is 0 Å². The van der Waals surface area contributed by atoms with Crippen molar-refractivity contribution in [2.45, 2.75) is 25.2 Å². The third-order valence-electron chi connectivity index (χ3n) is 3.82. The zero-order chi connectivity index (χ0) is 9.60. The van der Waals surface area contributed by atoms with Gasteiger partial charge in [-0.1, -0.05) is 30.3 Å². The SMILES string of the molecule is O=CC1(C2CC2c2ccccc2)CC1. The lowest BCUT2D eigenvalue weighted by Crippen LogP contribution is -2.05. The van der Waals surface area contributed by atoms with Crippen LogP contribution in [0.4, 0.5) is 0 Å². The molecule has 2 fully saturated rings. The van der Waals surface area contributed by atoms with Gasteiger partial charge in [-0.3, -0.25) is 0 Å². The number of hydrogen-bond acceptors (Lipinski definition) is 1. The summed E-state index contributed by atoms with van der Waals surface area (Å²) in [6, 6.07) is 10.6. The molecule has 0 saturated heterocycles. The van der Waals surface area contributed by atoms with E-state index in [-0.39, 0.29) is 5.41 Å². The Balaban J connectivity index is 1.78. The van der Waals surface area contributed by atoms with Crippen molar-refractivity contribution in [2.75, 3.05) is 0 Å². The summed E-state index contributed by atoms with van der Waals surface area (Å²) in [5, 5.41) is 0. The molecule has 2 unspecified atom stereocenters. The zero-order valence-corrected chi connectivity index (χ0v) is 8.15. The second kappa shape index (κ2) is 2.69. The quantitative estimate of drug-likeness (QED) is 0.663. The predicted octanol–water partition coefficient (Wildman–Crippen LogP) is 2.77. The normalized spacial score (nSPS) is 32.3. The molecule has 0 N–H and O–H groups in total. The molecule has 0 radical (unpaired) electrons. The lowest BCUT2D eigenvalue weighted by atomic mass is 9.98. The van der Waals surface area contributed by atoms with E-state index in [1.807, 2.05) is 6.07 Å². The van der Waals surface area contributed by atoms with Gasteiger partial charge in [-0.25, -0.2) is 0 Å². The van der Waals surface area contributed by atoms with Crippen LogP contribution in [0.3, 0.4) is 0 Å². The molecule has 0 amide bonds. The van der Waals surface area contributed by atoms with E-state index in [9.17, 15) is 4.79 Å². The molecular weight excluding hydrogens is 172 g/mol. The first kappa shape index (κ1) is 8.22. The van der Waals surface area contributed by atoms with Gasteiger partial charge in [-0.05, 0) is 36.7 Å². The molecule has 2 saturated carbocycles. The van der Waals surface area contributed by atoms with Crippen LogP contribution >= 0.6 is 0 Å². The minimum atomic E-state index is 0.0977. The molecule has 2 aliphatic carbocycles. The molecule has 0 aliphatic heterocycles. The van der Waals surface area contributed by atoms with Crippen LogP contribution in [-0.2, 0) is 4.79 Å². The third kappa shape index (κ3) is 1.12. The van der Waals surface area contributed by atoms with Crippen LogP contribution in [-0.4, -0.2) is 6.29 Å². The number of hydrogen-bond donors (Lipinski definition) is 0. The van der Waals surface area contributed by atoms with Crippen LogP contribution in [0.2, 0.25) is 0 Å². The second-order valence-electron chi connectivity index (χ2n) is 4.71. The molecule has 1 aromatic rings. The Morgan fingerprint density at radius 3 is 2.50 bits per heavy atom. The van der Waals surface area contributed by atoms with E-state index in [1.165, 1.54) is 18.3 Å². The highest BCUT2D eigenvalue weighted by Gasteiger charge is 2.59. The largest absolute Gasteiger partial charge is 0.303 e. The minimum Gasteiger partial charge on any atom is -0.303 e. The van der Waals surface area contributed by atoms with Crippen molar-refractivity contribution in [3.63, 3.8) is 0 Å². The summed E-state index contributed by atoms with van der Waals surface area (Å²) in [6.45, 7) is 0. The maximum Gasteiger partial charge on any atom is 0.126 e. The Morgan fingerprint density at radius 1 is 1.21 bits per heavy atom. The van der Waals surface area contributed by atoms with Gasteiger partial charge in [0, 0.05) is 5.41 Å². The van der Waals surface area contributed by atoms with E-state index in [2.05, 4.69) is 24.3 Å². The van der Waals surface area contributed by atoms with Crippen LogP contribution in [0, 0.1) is 11.3 Å². The predicted molar refractivity (Wildman–Crippen MR) is 55.0 cm³/mol. The van der Waals surface area contributed by atoms with Gasteiger partial charge in [0.15, 0.2) is 0 Å². The highest BCUT2D eigenvalue weighted by Crippen LogP contribution is 2.66. The van der Waals surface area contributed by atoms with Crippen molar-refractivity contribution >= 4 is 6.29 Å². The minimum absolute atomic E-state index is 0.0977. The second-order valence-corrected chi connectivity index (χ2v) is 4.71. The molecule has 1 heteroatoms. The molecule has 3 rings (SSSR count). The Labute approximate surface area is 84.1 Å². The first-order valence-corrected chi connectivity index (χ1v) is 5.37. The maximum absolute atomic E-state index is 10.9. The standard InChI is InChI=1S/C13H14O/c14-9-13(6-7-13)12-8-11(12)10-4-2-1-3-5-10/h1-5,9,11-12H,6-8H2. The lowest BCUT2D eigenvalue weighted by Gasteiger charge is -2.05. The molecule has 14 heavy (non-hydrogen) atoms. The Morgan fingerprint density at radius 2 is 1.93 bits per heavy atom. The van der Waals surface area contributed by atoms with Gasteiger partial charge in [0.2, 0.25) is 0 Å². The van der Waals surface area contributed by atoms with Gasteiger partial charge in [-0.2, -0.15) is 0 Å². The molecule has 72 valence electrons. The first-order valence-electron chi connectivity index (χ1n) is 5.37. The van der Waals surface area contributed by atoms with Crippen molar-refractivity contribution in [3.05, 3.63) is 35.9 Å². The van der Waals surface area contributed by atoms with Crippen LogP contribution < -0.4 is 0 Å². The van der Waals surface area contributed by atoms with Gasteiger partial charge in [-0.15, -0.1) is 0 Å². The van der Waals surface area contributed by atoms with Crippen LogP contribution in [0.5, 0.6) is 0 Å². The molecule has 0 aromatic heterocycles. The van der Waals surface area contributed by atoms with E-state index in [1.54, 1.807) is 0 Å². The molecule has 0 spiro atoms. The number of rotatable bonds is 3. The zero-order valence-electron chi connectivity index (χ0n) is 8.15. The molecular formula is C13H14O. The topological polar surface area (TPSA) is 17.1 Å². The molecule has 0 heterocycles. The first-order chi connectivity index (χ1) is 6.86. The van der Waals surface area contributed by atoms with Crippen LogP contribution in [0.25, 0.3) is 0 Å². The summed E-state index contributed by atoms with van der Waals surface area (Å²) in [4.78, 5) is 10.9. The van der Waals surface area contributed by atoms with Crippen LogP contribution in [0.1, 0.15) is 30.7 Å². The van der Waals surface area contributed by atoms with E-state index in [4.69, 9.17) is 0 Å². The average molecular weight is 186 g/mol. The molecule has 2 atom stereocenters. The molecule has 2 aliphatic rings. The van der Waals surface area contributed by atoms with E-state index in [0.29, 0.717) is 11.8 Å². The lowest BCUT2D eigenvalue weighted by molar-refractivity contribution is -0.112. The summed E-state index contributed by atoms with van der Waals surface area (Å²) < 4.78 is 0. The Hall–Kier alpha value is -1.11. The van der Waals surface area contributed by atoms with Gasteiger partial charge in [0.1, 0.15) is 6.29 Å². The van der Waals surface area contributed by atoms with Crippen molar-refractivity contribution in [2.24, 2.45) is 11.3 Å². The highest BCUT2D eigenvalue weighted by atomic mass is 16.1. The summed E-state index contributed by atoms with van der Waals surface area (Å²) >= 11 is 0. The fourth-order valence-electron chi connectivity index (χ4n) is 2.62. The summed E-state index contributed by atoms with van der Waals surface area (Å²) in [6.07, 6.45) is 4.69. The monoisotopic (exact) mass is 186 g/mol. The van der Waals surface area contributed by atoms with Gasteiger partial charge < -0.3 is 4.79 Å². The Bertz CT molecular complexity index is 351. The van der Waals surface area contributed by atoms with Gasteiger partial charge >= 0.3 is 0 Å². The van der Waals surface area contributed by atoms with Gasteiger partial charge in [0.05, 0.1) is 0 Å². The summed E-state index contributed by atoms with van der Waals surface area (Å²) in [5.41, 5.74) is 1.52. The molecule has 1 nitrogen and oxygen atoms in total. The van der Waals surface area contributed by atoms with Gasteiger partial charge in [0.25, 0.3) is 0 Å². The summed E-state index contributed by atoms with van der Waals surface area (Å²) in [7, 11) is 0. The highest BCUT2D eigenvalue weighted by molar-refractivity contribution is 5.65. The third-order valence-corrected chi connectivity index (χ3v) is 3.82. The number of carbonyl (C=O) groups is 1. The number of benzene rings is 1. The Kier molecular flexibility index (Phi) is 1.58. The number of aldehydes is 1. The fraction of sp³-hybridized carbons (Fsp3) is 0.462. The van der Waals surface area contributed by atoms with E-state index in [0.717, 1.165) is 12.8 Å². The molecule has 0 bridgehead atoms. The number of carbonyl (C=O) groups excluding carboxylic acids is 1. The average Bonchev–Trinajstić information content (AvgIpc) is 3.12. The summed E-state index contributed by atoms with van der Waals surface area (Å²) in [5.74, 6) is 1.33. The smallest absolute Gasteiger partial charge is 0.126 e. The van der Waals surface area contributed by atoms with Crippen molar-refractivity contribution < 1.29 is 4.79 Å². The van der Waals surface area contributed by atoms with E-state index < -0.39 is 0 Å². The molecule has 1 aromatic carbocycles. The van der Waals surface area contributed by atoms with Crippen molar-refractivity contribution in [1.82, 2.24) is 0 Å². The maximum atomic E-state index is 10.9. The van der Waals surface area contributed by atoms with Crippen molar-refractivity contribution in [1.29, 1.82) is 0 Å². The van der Waals surface area contributed by atoms with Crippen molar-refractivity contribution in [3.8, 4) is 0 Å².